The van der Waals surface area contributed by atoms with Crippen molar-refractivity contribution in [3.05, 3.63) is 24.0 Å². The largest absolute Gasteiger partial charge is 0.383 e. The standard InChI is InChI=1S/C25H36N4O3/c1-28(20-11-7-4-8-12-20)25(31)21-15-19(27-24(30)18-9-5-3-6-10-18)16-22-23(21)29(17-26-22)13-14-32-2/h15-18,20H,3-14H2,1-2H3,(H,27,30). The lowest BCUT2D eigenvalue weighted by Gasteiger charge is -2.31. The SMILES string of the molecule is COCCn1cnc2cc(NC(=O)C3CCCCC3)cc(C(=O)N(C)C3CCCCC3)c21. The molecular formula is C25H36N4O3. The van der Waals surface area contributed by atoms with Crippen LogP contribution in [0.3, 0.4) is 0 Å². The first-order valence-electron chi connectivity index (χ1n) is 12.1. The number of nitrogens with one attached hydrogen (secondary N) is 1. The summed E-state index contributed by atoms with van der Waals surface area (Å²) in [5.74, 6) is 0.111. The van der Waals surface area contributed by atoms with Gasteiger partial charge in [0.25, 0.3) is 5.91 Å². The molecule has 7 nitrogen and oxygen atoms in total. The number of aromatic nitrogens is 2. The predicted octanol–water partition coefficient (Wildman–Crippen LogP) is 4.61. The van der Waals surface area contributed by atoms with Crippen LogP contribution < -0.4 is 5.32 Å². The fourth-order valence-electron chi connectivity index (χ4n) is 5.24. The van der Waals surface area contributed by atoms with E-state index in [1.165, 1.54) is 25.7 Å². The van der Waals surface area contributed by atoms with Crippen molar-refractivity contribution in [3.8, 4) is 0 Å². The van der Waals surface area contributed by atoms with E-state index in [4.69, 9.17) is 4.74 Å². The summed E-state index contributed by atoms with van der Waals surface area (Å²) in [4.78, 5) is 33.0. The lowest BCUT2D eigenvalue weighted by atomic mass is 9.88. The molecule has 174 valence electrons. The van der Waals surface area contributed by atoms with Crippen molar-refractivity contribution in [2.45, 2.75) is 76.8 Å². The van der Waals surface area contributed by atoms with Crippen molar-refractivity contribution >= 4 is 28.5 Å². The number of nitrogens with zero attached hydrogens (tertiary/aromatic N) is 3. The first kappa shape index (κ1) is 22.8. The van der Waals surface area contributed by atoms with Crippen LogP contribution in [-0.4, -0.2) is 53.1 Å². The number of amides is 2. The maximum absolute atomic E-state index is 13.7. The van der Waals surface area contributed by atoms with Crippen molar-refractivity contribution in [1.29, 1.82) is 0 Å². The number of hydrogen-bond donors (Lipinski definition) is 1. The quantitative estimate of drug-likeness (QED) is 0.682. The molecule has 0 radical (unpaired) electrons. The Bertz CT molecular complexity index is 942. The Kier molecular flexibility index (Phi) is 7.45. The van der Waals surface area contributed by atoms with Gasteiger partial charge in [0.15, 0.2) is 0 Å². The van der Waals surface area contributed by atoms with Gasteiger partial charge in [0, 0.05) is 38.3 Å². The number of methoxy groups -OCH3 is 1. The molecule has 0 bridgehead atoms. The van der Waals surface area contributed by atoms with Gasteiger partial charge in [0.05, 0.1) is 29.5 Å². The molecule has 0 atom stereocenters. The van der Waals surface area contributed by atoms with Crippen LogP contribution in [0, 0.1) is 5.92 Å². The van der Waals surface area contributed by atoms with Crippen molar-refractivity contribution in [2.24, 2.45) is 5.92 Å². The molecule has 1 N–H and O–H groups in total. The van der Waals surface area contributed by atoms with Crippen LogP contribution in [0.5, 0.6) is 0 Å². The topological polar surface area (TPSA) is 76.5 Å². The Hall–Kier alpha value is -2.41. The van der Waals surface area contributed by atoms with Crippen molar-refractivity contribution < 1.29 is 14.3 Å². The second-order valence-corrected chi connectivity index (χ2v) is 9.35. The third-order valence-corrected chi connectivity index (χ3v) is 7.17. The van der Waals surface area contributed by atoms with Gasteiger partial charge in [-0.3, -0.25) is 9.59 Å². The predicted molar refractivity (Wildman–Crippen MR) is 126 cm³/mol. The maximum atomic E-state index is 13.7. The smallest absolute Gasteiger partial charge is 0.256 e. The van der Waals surface area contributed by atoms with Gasteiger partial charge >= 0.3 is 0 Å². The Balaban J connectivity index is 1.65. The average molecular weight is 441 g/mol. The third kappa shape index (κ3) is 4.98. The molecule has 1 aromatic carbocycles. The average Bonchev–Trinajstić information content (AvgIpc) is 3.25. The number of carbonyl (C=O) groups is 2. The lowest BCUT2D eigenvalue weighted by molar-refractivity contribution is -0.120. The summed E-state index contributed by atoms with van der Waals surface area (Å²) in [6.45, 7) is 1.16. The molecule has 0 saturated heterocycles. The van der Waals surface area contributed by atoms with Gasteiger partial charge in [-0.15, -0.1) is 0 Å². The number of anilines is 1. The number of carbonyl (C=O) groups excluding carboxylic acids is 2. The van der Waals surface area contributed by atoms with E-state index in [0.29, 0.717) is 24.4 Å². The molecule has 2 aliphatic carbocycles. The van der Waals surface area contributed by atoms with Crippen LogP contribution >= 0.6 is 0 Å². The Morgan fingerprint density at radius 2 is 1.78 bits per heavy atom. The highest BCUT2D eigenvalue weighted by Crippen LogP contribution is 2.30. The van der Waals surface area contributed by atoms with Crippen LogP contribution in [0.4, 0.5) is 5.69 Å². The van der Waals surface area contributed by atoms with E-state index in [2.05, 4.69) is 10.3 Å². The molecule has 2 aromatic rings. The minimum atomic E-state index is -0.00479. The van der Waals surface area contributed by atoms with E-state index < -0.39 is 0 Å². The summed E-state index contributed by atoms with van der Waals surface area (Å²) in [5.41, 5.74) is 2.79. The molecule has 7 heteroatoms. The van der Waals surface area contributed by atoms with Gasteiger partial charge in [-0.2, -0.15) is 0 Å². The molecule has 0 spiro atoms. The van der Waals surface area contributed by atoms with Crippen molar-refractivity contribution in [1.82, 2.24) is 14.5 Å². The highest BCUT2D eigenvalue weighted by Gasteiger charge is 2.27. The summed E-state index contributed by atoms with van der Waals surface area (Å²) < 4.78 is 7.23. The molecule has 2 saturated carbocycles. The van der Waals surface area contributed by atoms with E-state index in [-0.39, 0.29) is 23.8 Å². The Labute approximate surface area is 190 Å². The Morgan fingerprint density at radius 1 is 1.09 bits per heavy atom. The Morgan fingerprint density at radius 3 is 2.47 bits per heavy atom. The fraction of sp³-hybridized carbons (Fsp3) is 0.640. The molecule has 2 amide bonds. The third-order valence-electron chi connectivity index (χ3n) is 7.17. The van der Waals surface area contributed by atoms with Gasteiger partial charge in [0.2, 0.25) is 5.91 Å². The number of ether oxygens (including phenoxy) is 1. The van der Waals surface area contributed by atoms with Crippen LogP contribution in [0.2, 0.25) is 0 Å². The van der Waals surface area contributed by atoms with Crippen LogP contribution in [0.1, 0.15) is 74.6 Å². The van der Waals surface area contributed by atoms with E-state index in [1.54, 1.807) is 13.4 Å². The van der Waals surface area contributed by atoms with Crippen LogP contribution in [0.15, 0.2) is 18.5 Å². The van der Waals surface area contributed by atoms with E-state index in [1.807, 2.05) is 28.6 Å². The van der Waals surface area contributed by atoms with Crippen LogP contribution in [0.25, 0.3) is 11.0 Å². The number of hydrogen-bond acceptors (Lipinski definition) is 4. The van der Waals surface area contributed by atoms with Gasteiger partial charge in [-0.25, -0.2) is 4.98 Å². The molecule has 2 aliphatic rings. The number of fused-ring (bicyclic) bond motifs is 1. The summed E-state index contributed by atoms with van der Waals surface area (Å²) in [6.07, 6.45) is 12.7. The zero-order valence-electron chi connectivity index (χ0n) is 19.4. The molecule has 4 rings (SSSR count). The molecule has 1 aromatic heterocycles. The highest BCUT2D eigenvalue weighted by molar-refractivity contribution is 6.07. The monoisotopic (exact) mass is 440 g/mol. The second kappa shape index (κ2) is 10.5. The molecular weight excluding hydrogens is 404 g/mol. The summed E-state index contributed by atoms with van der Waals surface area (Å²) in [7, 11) is 3.58. The van der Waals surface area contributed by atoms with Crippen molar-refractivity contribution in [3.63, 3.8) is 0 Å². The van der Waals surface area contributed by atoms with Gasteiger partial charge in [0.1, 0.15) is 0 Å². The van der Waals surface area contributed by atoms with E-state index in [0.717, 1.165) is 49.6 Å². The lowest BCUT2D eigenvalue weighted by Crippen LogP contribution is -2.38. The summed E-state index contributed by atoms with van der Waals surface area (Å²) in [5, 5.41) is 3.09. The molecule has 0 aliphatic heterocycles. The van der Waals surface area contributed by atoms with Gasteiger partial charge in [-0.1, -0.05) is 38.5 Å². The summed E-state index contributed by atoms with van der Waals surface area (Å²) in [6, 6.07) is 3.99. The highest BCUT2D eigenvalue weighted by atomic mass is 16.5. The normalized spacial score (nSPS) is 18.1. The minimum Gasteiger partial charge on any atom is -0.383 e. The summed E-state index contributed by atoms with van der Waals surface area (Å²) >= 11 is 0. The number of imidazole rings is 1. The second-order valence-electron chi connectivity index (χ2n) is 9.35. The van der Waals surface area contributed by atoms with Gasteiger partial charge in [-0.05, 0) is 37.8 Å². The molecule has 32 heavy (non-hydrogen) atoms. The maximum Gasteiger partial charge on any atom is 0.256 e. The first-order valence-corrected chi connectivity index (χ1v) is 12.1. The first-order chi connectivity index (χ1) is 15.6. The minimum absolute atomic E-state index is 0.00479. The zero-order chi connectivity index (χ0) is 22.5. The zero-order valence-corrected chi connectivity index (χ0v) is 19.4. The van der Waals surface area contributed by atoms with E-state index >= 15 is 0 Å². The van der Waals surface area contributed by atoms with E-state index in [9.17, 15) is 9.59 Å². The van der Waals surface area contributed by atoms with Crippen LogP contribution in [-0.2, 0) is 16.1 Å². The van der Waals surface area contributed by atoms with Gasteiger partial charge < -0.3 is 19.5 Å². The molecule has 2 fully saturated rings. The molecule has 0 unspecified atom stereocenters. The fourth-order valence-corrected chi connectivity index (χ4v) is 5.24. The van der Waals surface area contributed by atoms with Crippen molar-refractivity contribution in [2.75, 3.05) is 26.1 Å². The number of benzene rings is 1. The number of rotatable bonds is 7. The molecule has 1 heterocycles.